The van der Waals surface area contributed by atoms with Crippen LogP contribution in [0.3, 0.4) is 0 Å². The van der Waals surface area contributed by atoms with Gasteiger partial charge in [0.2, 0.25) is 0 Å². The third-order valence-corrected chi connectivity index (χ3v) is 3.66. The maximum absolute atomic E-state index is 12.2. The quantitative estimate of drug-likeness (QED) is 0.799. The maximum Gasteiger partial charge on any atom is 0.412 e. The van der Waals surface area contributed by atoms with Crippen LogP contribution in [0.4, 0.5) is 10.5 Å². The highest BCUT2D eigenvalue weighted by Gasteiger charge is 2.16. The summed E-state index contributed by atoms with van der Waals surface area (Å²) in [5, 5.41) is 6.19. The second-order valence-corrected chi connectivity index (χ2v) is 7.27. The number of carbonyl (C=O) groups is 2. The number of halogens is 1. The molecule has 0 aromatic heterocycles. The Kier molecular flexibility index (Phi) is 6.64. The van der Waals surface area contributed by atoms with E-state index in [1.807, 2.05) is 24.3 Å². The van der Waals surface area contributed by atoms with Gasteiger partial charge in [0.05, 0.1) is 0 Å². The number of benzene rings is 2. The average Bonchev–Trinajstić information content (AvgIpc) is 2.55. The molecule has 138 valence electrons. The minimum atomic E-state index is -0.562. The molecule has 0 fully saturated rings. The number of hydrogen-bond acceptors (Lipinski definition) is 3. The van der Waals surface area contributed by atoms with Crippen LogP contribution in [0.2, 0.25) is 5.02 Å². The summed E-state index contributed by atoms with van der Waals surface area (Å²) in [5.74, 6) is -0.164. The van der Waals surface area contributed by atoms with Gasteiger partial charge in [-0.25, -0.2) is 4.79 Å². The van der Waals surface area contributed by atoms with E-state index in [-0.39, 0.29) is 5.91 Å². The number of ether oxygens (including phenoxy) is 1. The van der Waals surface area contributed by atoms with Gasteiger partial charge < -0.3 is 10.1 Å². The van der Waals surface area contributed by atoms with Gasteiger partial charge in [-0.2, -0.15) is 0 Å². The van der Waals surface area contributed by atoms with Crippen molar-refractivity contribution in [3.8, 4) is 0 Å². The van der Waals surface area contributed by atoms with E-state index in [0.29, 0.717) is 22.8 Å². The highest BCUT2D eigenvalue weighted by Crippen LogP contribution is 2.13. The Morgan fingerprint density at radius 3 is 2.19 bits per heavy atom. The summed E-state index contributed by atoms with van der Waals surface area (Å²) >= 11 is 5.85. The smallest absolute Gasteiger partial charge is 0.412 e. The maximum atomic E-state index is 12.2. The van der Waals surface area contributed by atoms with Crippen LogP contribution in [0, 0.1) is 0 Å². The molecule has 2 amide bonds. The molecule has 0 bridgehead atoms. The summed E-state index contributed by atoms with van der Waals surface area (Å²) < 4.78 is 5.18. The highest BCUT2D eigenvalue weighted by atomic mass is 35.5. The molecule has 2 rings (SSSR count). The van der Waals surface area contributed by atoms with E-state index < -0.39 is 11.7 Å². The minimum Gasteiger partial charge on any atom is -0.444 e. The summed E-state index contributed by atoms with van der Waals surface area (Å²) in [6.45, 7) is 5.91. The molecule has 0 radical (unpaired) electrons. The molecule has 6 heteroatoms. The van der Waals surface area contributed by atoms with Crippen molar-refractivity contribution in [3.63, 3.8) is 0 Å². The largest absolute Gasteiger partial charge is 0.444 e. The van der Waals surface area contributed by atoms with Crippen molar-refractivity contribution in [1.82, 2.24) is 5.32 Å². The van der Waals surface area contributed by atoms with E-state index in [9.17, 15) is 9.59 Å². The predicted octanol–water partition coefficient (Wildman–Crippen LogP) is 4.66. The summed E-state index contributed by atoms with van der Waals surface area (Å²) in [5.41, 5.74) is 1.63. The standard InChI is InChI=1S/C20H23ClN2O3/c1-20(2,3)26-19(25)23-17-10-6-15(7-11-17)18(24)22-13-12-14-4-8-16(21)9-5-14/h4-11H,12-13H2,1-3H3,(H,22,24)(H,23,25). The molecule has 0 spiro atoms. The van der Waals surface area contributed by atoms with Crippen LogP contribution < -0.4 is 10.6 Å². The third kappa shape index (κ3) is 6.76. The van der Waals surface area contributed by atoms with E-state index in [2.05, 4.69) is 10.6 Å². The van der Waals surface area contributed by atoms with Gasteiger partial charge in [-0.3, -0.25) is 10.1 Å². The third-order valence-electron chi connectivity index (χ3n) is 3.40. The van der Waals surface area contributed by atoms with E-state index in [1.54, 1.807) is 45.0 Å². The van der Waals surface area contributed by atoms with Gasteiger partial charge in [-0.15, -0.1) is 0 Å². The lowest BCUT2D eigenvalue weighted by Gasteiger charge is -2.19. The number of anilines is 1. The molecule has 0 aliphatic rings. The fourth-order valence-electron chi connectivity index (χ4n) is 2.20. The zero-order valence-corrected chi connectivity index (χ0v) is 15.9. The van der Waals surface area contributed by atoms with Gasteiger partial charge in [0.25, 0.3) is 5.91 Å². The zero-order chi connectivity index (χ0) is 19.2. The van der Waals surface area contributed by atoms with Crippen molar-refractivity contribution in [1.29, 1.82) is 0 Å². The van der Waals surface area contributed by atoms with E-state index in [0.717, 1.165) is 12.0 Å². The van der Waals surface area contributed by atoms with Crippen LogP contribution >= 0.6 is 11.6 Å². The molecule has 2 N–H and O–H groups in total. The highest BCUT2D eigenvalue weighted by molar-refractivity contribution is 6.30. The zero-order valence-electron chi connectivity index (χ0n) is 15.1. The van der Waals surface area contributed by atoms with Crippen LogP contribution in [-0.2, 0) is 11.2 Å². The summed E-state index contributed by atoms with van der Waals surface area (Å²) in [6, 6.07) is 14.2. The second-order valence-electron chi connectivity index (χ2n) is 6.84. The monoisotopic (exact) mass is 374 g/mol. The molecule has 26 heavy (non-hydrogen) atoms. The molecule has 0 aliphatic carbocycles. The normalized spacial score (nSPS) is 10.9. The molecular formula is C20H23ClN2O3. The Morgan fingerprint density at radius 2 is 1.62 bits per heavy atom. The molecular weight excluding hydrogens is 352 g/mol. The van der Waals surface area contributed by atoms with Crippen LogP contribution in [0.25, 0.3) is 0 Å². The van der Waals surface area contributed by atoms with Gasteiger partial charge in [0, 0.05) is 22.8 Å². The lowest BCUT2D eigenvalue weighted by Crippen LogP contribution is -2.27. The number of nitrogens with one attached hydrogen (secondary N) is 2. The Balaban J connectivity index is 1.82. The van der Waals surface area contributed by atoms with Crippen molar-refractivity contribution in [2.75, 3.05) is 11.9 Å². The van der Waals surface area contributed by atoms with Gasteiger partial charge in [0.1, 0.15) is 5.60 Å². The van der Waals surface area contributed by atoms with Gasteiger partial charge in [-0.05, 0) is 69.2 Å². The second kappa shape index (κ2) is 8.72. The van der Waals surface area contributed by atoms with E-state index in [4.69, 9.17) is 16.3 Å². The molecule has 0 heterocycles. The van der Waals surface area contributed by atoms with Crippen LogP contribution in [0.15, 0.2) is 48.5 Å². The number of carbonyl (C=O) groups excluding carboxylic acids is 2. The summed E-state index contributed by atoms with van der Waals surface area (Å²) in [4.78, 5) is 23.9. The molecule has 0 aliphatic heterocycles. The van der Waals surface area contributed by atoms with Gasteiger partial charge in [0.15, 0.2) is 0 Å². The average molecular weight is 375 g/mol. The molecule has 5 nitrogen and oxygen atoms in total. The molecule has 0 atom stereocenters. The van der Waals surface area contributed by atoms with Crippen molar-refractivity contribution in [3.05, 3.63) is 64.7 Å². The first kappa shape index (κ1) is 19.8. The minimum absolute atomic E-state index is 0.164. The number of amides is 2. The lowest BCUT2D eigenvalue weighted by atomic mass is 10.1. The van der Waals surface area contributed by atoms with Gasteiger partial charge in [-0.1, -0.05) is 23.7 Å². The lowest BCUT2D eigenvalue weighted by molar-refractivity contribution is 0.0635. The van der Waals surface area contributed by atoms with Crippen molar-refractivity contribution in [2.45, 2.75) is 32.8 Å². The Morgan fingerprint density at radius 1 is 1.00 bits per heavy atom. The molecule has 2 aromatic rings. The predicted molar refractivity (Wildman–Crippen MR) is 104 cm³/mol. The fraction of sp³-hybridized carbons (Fsp3) is 0.300. The number of rotatable bonds is 5. The topological polar surface area (TPSA) is 67.4 Å². The van der Waals surface area contributed by atoms with Crippen molar-refractivity contribution >= 4 is 29.3 Å². The first-order chi connectivity index (χ1) is 12.2. The summed E-state index contributed by atoms with van der Waals surface area (Å²) in [6.07, 6.45) is 0.193. The SMILES string of the molecule is CC(C)(C)OC(=O)Nc1ccc(C(=O)NCCc2ccc(Cl)cc2)cc1. The Bertz CT molecular complexity index is 750. The molecule has 0 unspecified atom stereocenters. The first-order valence-corrected chi connectivity index (χ1v) is 8.73. The van der Waals surface area contributed by atoms with Crippen LogP contribution in [-0.4, -0.2) is 24.1 Å². The van der Waals surface area contributed by atoms with Crippen molar-refractivity contribution < 1.29 is 14.3 Å². The van der Waals surface area contributed by atoms with Gasteiger partial charge >= 0.3 is 6.09 Å². The van der Waals surface area contributed by atoms with E-state index >= 15 is 0 Å². The van der Waals surface area contributed by atoms with E-state index in [1.165, 1.54) is 0 Å². The molecule has 2 aromatic carbocycles. The van der Waals surface area contributed by atoms with Crippen LogP contribution in [0.1, 0.15) is 36.7 Å². The number of hydrogen-bond donors (Lipinski definition) is 2. The summed E-state index contributed by atoms with van der Waals surface area (Å²) in [7, 11) is 0. The Labute approximate surface area is 158 Å². The fourth-order valence-corrected chi connectivity index (χ4v) is 2.33. The molecule has 0 saturated carbocycles. The van der Waals surface area contributed by atoms with Crippen LogP contribution in [0.5, 0.6) is 0 Å². The molecule has 0 saturated heterocycles. The van der Waals surface area contributed by atoms with Crippen molar-refractivity contribution in [2.24, 2.45) is 0 Å². The Hall–Kier alpha value is -2.53. The first-order valence-electron chi connectivity index (χ1n) is 8.36.